The van der Waals surface area contributed by atoms with Crippen LogP contribution in [0.2, 0.25) is 0 Å². The van der Waals surface area contributed by atoms with Crippen LogP contribution in [0, 0.1) is 5.92 Å². The zero-order valence-corrected chi connectivity index (χ0v) is 20.0. The Bertz CT molecular complexity index is 309. The topological polar surface area (TPSA) is 17.1 Å². The van der Waals surface area contributed by atoms with Crippen molar-refractivity contribution < 1.29 is 4.79 Å². The van der Waals surface area contributed by atoms with E-state index in [-0.39, 0.29) is 0 Å². The van der Waals surface area contributed by atoms with Crippen LogP contribution < -0.4 is 0 Å². The van der Waals surface area contributed by atoms with Gasteiger partial charge in [0.25, 0.3) is 0 Å². The van der Waals surface area contributed by atoms with Crippen LogP contribution in [0.3, 0.4) is 0 Å². The normalized spacial score (nSPS) is 12.4. The molecule has 0 aromatic heterocycles. The highest BCUT2D eigenvalue weighted by Gasteiger charge is 2.04. The van der Waals surface area contributed by atoms with Gasteiger partial charge in [0.05, 0.1) is 0 Å². The standard InChI is InChI=1S/C27H54O/c1-4-5-6-7-8-9-10-11-12-13-14-15-16-17-18-19-20-21-22-23-24-26(2)25-27(3)28/h26H,4-25H2,1-3H3/t26-/m0/s1. The molecule has 0 heterocycles. The molecule has 0 amide bonds. The zero-order chi connectivity index (χ0) is 20.7. The number of hydrogen-bond donors (Lipinski definition) is 0. The SMILES string of the molecule is CCCCCCCCCCCCCCCCCCCCCC[C@H](C)CC(C)=O. The number of carbonyl (C=O) groups excluding carboxylic acids is 1. The highest BCUT2D eigenvalue weighted by atomic mass is 16.1. The second-order valence-electron chi connectivity index (χ2n) is 9.52. The molecule has 0 aliphatic heterocycles. The van der Waals surface area contributed by atoms with Gasteiger partial charge in [-0.1, -0.05) is 149 Å². The second-order valence-corrected chi connectivity index (χ2v) is 9.52. The number of unbranched alkanes of at least 4 members (excludes halogenated alkanes) is 19. The van der Waals surface area contributed by atoms with E-state index in [0.717, 1.165) is 6.42 Å². The van der Waals surface area contributed by atoms with E-state index in [1.165, 1.54) is 135 Å². The lowest BCUT2D eigenvalue weighted by Gasteiger charge is -2.08. The lowest BCUT2D eigenvalue weighted by atomic mass is 9.97. The Morgan fingerprint density at radius 1 is 0.536 bits per heavy atom. The molecule has 1 nitrogen and oxygen atoms in total. The van der Waals surface area contributed by atoms with Gasteiger partial charge in [-0.2, -0.15) is 0 Å². The minimum atomic E-state index is 0.348. The lowest BCUT2D eigenvalue weighted by molar-refractivity contribution is -0.117. The van der Waals surface area contributed by atoms with Crippen LogP contribution in [-0.2, 0) is 4.79 Å². The van der Waals surface area contributed by atoms with E-state index in [9.17, 15) is 4.79 Å². The smallest absolute Gasteiger partial charge is 0.130 e. The van der Waals surface area contributed by atoms with Crippen LogP contribution >= 0.6 is 0 Å². The molecular weight excluding hydrogens is 340 g/mol. The number of Topliss-reactive ketones (excluding diaryl/α,β-unsaturated/α-hetero) is 1. The maximum atomic E-state index is 11.1. The van der Waals surface area contributed by atoms with Crippen LogP contribution in [0.25, 0.3) is 0 Å². The molecule has 0 radical (unpaired) electrons. The maximum Gasteiger partial charge on any atom is 0.130 e. The van der Waals surface area contributed by atoms with Gasteiger partial charge in [0, 0.05) is 6.42 Å². The van der Waals surface area contributed by atoms with E-state index in [1.807, 2.05) is 0 Å². The molecule has 1 atom stereocenters. The molecule has 0 aliphatic rings. The van der Waals surface area contributed by atoms with Crippen molar-refractivity contribution in [1.29, 1.82) is 0 Å². The molecule has 28 heavy (non-hydrogen) atoms. The van der Waals surface area contributed by atoms with Crippen molar-refractivity contribution >= 4 is 5.78 Å². The molecular formula is C27H54O. The van der Waals surface area contributed by atoms with Crippen molar-refractivity contribution in [3.05, 3.63) is 0 Å². The van der Waals surface area contributed by atoms with E-state index >= 15 is 0 Å². The second kappa shape index (κ2) is 23.0. The summed E-state index contributed by atoms with van der Waals surface area (Å²) >= 11 is 0. The summed E-state index contributed by atoms with van der Waals surface area (Å²) in [6.07, 6.45) is 30.8. The van der Waals surface area contributed by atoms with Gasteiger partial charge in [-0.05, 0) is 12.8 Å². The van der Waals surface area contributed by atoms with Crippen LogP contribution in [0.1, 0.15) is 162 Å². The van der Waals surface area contributed by atoms with Gasteiger partial charge in [0.15, 0.2) is 0 Å². The van der Waals surface area contributed by atoms with E-state index in [2.05, 4.69) is 13.8 Å². The molecule has 0 aliphatic carbocycles. The fourth-order valence-electron chi connectivity index (χ4n) is 4.34. The van der Waals surface area contributed by atoms with Gasteiger partial charge in [0.1, 0.15) is 5.78 Å². The van der Waals surface area contributed by atoms with Crippen molar-refractivity contribution in [3.8, 4) is 0 Å². The van der Waals surface area contributed by atoms with Gasteiger partial charge < -0.3 is 4.79 Å². The summed E-state index contributed by atoms with van der Waals surface area (Å²) < 4.78 is 0. The van der Waals surface area contributed by atoms with Gasteiger partial charge in [-0.15, -0.1) is 0 Å². The average Bonchev–Trinajstić information content (AvgIpc) is 2.66. The minimum absolute atomic E-state index is 0.348. The Morgan fingerprint density at radius 3 is 1.11 bits per heavy atom. The molecule has 1 heteroatoms. The molecule has 0 N–H and O–H groups in total. The van der Waals surface area contributed by atoms with Crippen molar-refractivity contribution in [3.63, 3.8) is 0 Å². The third-order valence-electron chi connectivity index (χ3n) is 6.19. The first-order valence-corrected chi connectivity index (χ1v) is 13.2. The Balaban J connectivity index is 3.06. The van der Waals surface area contributed by atoms with Crippen LogP contribution in [0.4, 0.5) is 0 Å². The van der Waals surface area contributed by atoms with Gasteiger partial charge in [-0.25, -0.2) is 0 Å². The fraction of sp³-hybridized carbons (Fsp3) is 0.963. The molecule has 168 valence electrons. The molecule has 0 saturated heterocycles. The summed E-state index contributed by atoms with van der Waals surface area (Å²) in [6, 6.07) is 0. The number of ketones is 1. The lowest BCUT2D eigenvalue weighted by Crippen LogP contribution is -2.01. The van der Waals surface area contributed by atoms with Crippen LogP contribution in [0.15, 0.2) is 0 Å². The molecule has 0 aromatic carbocycles. The van der Waals surface area contributed by atoms with Gasteiger partial charge >= 0.3 is 0 Å². The summed E-state index contributed by atoms with van der Waals surface area (Å²) in [6.45, 7) is 6.23. The third-order valence-corrected chi connectivity index (χ3v) is 6.19. The summed E-state index contributed by atoms with van der Waals surface area (Å²) in [5.41, 5.74) is 0. The molecule has 0 rings (SSSR count). The highest BCUT2D eigenvalue weighted by Crippen LogP contribution is 2.17. The van der Waals surface area contributed by atoms with Crippen LogP contribution in [0.5, 0.6) is 0 Å². The Morgan fingerprint density at radius 2 is 0.821 bits per heavy atom. The molecule has 0 fully saturated rings. The van der Waals surface area contributed by atoms with Crippen LogP contribution in [-0.4, -0.2) is 5.78 Å². The fourth-order valence-corrected chi connectivity index (χ4v) is 4.34. The quantitative estimate of drug-likeness (QED) is 0.158. The Labute approximate surface area is 178 Å². The Hall–Kier alpha value is -0.330. The summed E-state index contributed by atoms with van der Waals surface area (Å²) in [4.78, 5) is 11.1. The third kappa shape index (κ3) is 23.7. The molecule has 0 aromatic rings. The van der Waals surface area contributed by atoms with Crippen molar-refractivity contribution in [1.82, 2.24) is 0 Å². The van der Waals surface area contributed by atoms with Gasteiger partial charge in [0.2, 0.25) is 0 Å². The summed E-state index contributed by atoms with van der Waals surface area (Å²) in [7, 11) is 0. The average molecular weight is 395 g/mol. The van der Waals surface area contributed by atoms with E-state index in [1.54, 1.807) is 6.92 Å². The van der Waals surface area contributed by atoms with Crippen molar-refractivity contribution in [2.75, 3.05) is 0 Å². The predicted molar refractivity (Wildman–Crippen MR) is 127 cm³/mol. The molecule has 0 spiro atoms. The first-order chi connectivity index (χ1) is 13.7. The van der Waals surface area contributed by atoms with E-state index in [0.29, 0.717) is 11.7 Å². The monoisotopic (exact) mass is 394 g/mol. The largest absolute Gasteiger partial charge is 0.300 e. The minimum Gasteiger partial charge on any atom is -0.300 e. The van der Waals surface area contributed by atoms with Crippen molar-refractivity contribution in [2.45, 2.75) is 162 Å². The highest BCUT2D eigenvalue weighted by molar-refractivity contribution is 5.75. The van der Waals surface area contributed by atoms with E-state index in [4.69, 9.17) is 0 Å². The molecule has 0 saturated carbocycles. The number of hydrogen-bond acceptors (Lipinski definition) is 1. The number of carbonyl (C=O) groups is 1. The summed E-state index contributed by atoms with van der Waals surface area (Å²) in [5, 5.41) is 0. The molecule has 0 unspecified atom stereocenters. The predicted octanol–water partition coefficient (Wildman–Crippen LogP) is 9.81. The van der Waals surface area contributed by atoms with Crippen molar-refractivity contribution in [2.24, 2.45) is 5.92 Å². The zero-order valence-electron chi connectivity index (χ0n) is 20.0. The summed E-state index contributed by atoms with van der Waals surface area (Å²) in [5.74, 6) is 0.939. The Kier molecular flexibility index (Phi) is 22.7. The maximum absolute atomic E-state index is 11.1. The van der Waals surface area contributed by atoms with Gasteiger partial charge in [-0.3, -0.25) is 0 Å². The molecule has 0 bridgehead atoms. The first kappa shape index (κ1) is 27.7. The van der Waals surface area contributed by atoms with E-state index < -0.39 is 0 Å². The first-order valence-electron chi connectivity index (χ1n) is 13.2. The number of rotatable bonds is 23.